The normalized spacial score (nSPS) is 11.9. The highest BCUT2D eigenvalue weighted by Crippen LogP contribution is 2.34. The van der Waals surface area contributed by atoms with Gasteiger partial charge in [0.1, 0.15) is 5.75 Å². The van der Waals surface area contributed by atoms with Gasteiger partial charge in [0, 0.05) is 5.56 Å². The lowest BCUT2D eigenvalue weighted by Crippen LogP contribution is -2.21. The summed E-state index contributed by atoms with van der Waals surface area (Å²) in [6.07, 6.45) is 1.64. The molecule has 0 radical (unpaired) electrons. The molecule has 0 saturated carbocycles. The molecule has 0 atom stereocenters. The number of methoxy groups -OCH3 is 1. The molecule has 3 aromatic carbocycles. The van der Waals surface area contributed by atoms with Crippen LogP contribution >= 0.6 is 0 Å². The van der Waals surface area contributed by atoms with E-state index in [9.17, 15) is 4.79 Å². The fourth-order valence-electron chi connectivity index (χ4n) is 4.38. The number of aryl methyl sites for hydroxylation is 1. The van der Waals surface area contributed by atoms with Crippen molar-refractivity contribution in [3.05, 3.63) is 81.6 Å². The SMILES string of the molecule is CCOc1cc(C)c(-c2nc3ccccc3c(=O)n2N=Cc2ccc(OCC(C)(C)C)c(OC)c2)cc1C(C)C. The van der Waals surface area contributed by atoms with E-state index >= 15 is 0 Å². The highest BCUT2D eigenvalue weighted by atomic mass is 16.5. The van der Waals surface area contributed by atoms with Gasteiger partial charge in [0.15, 0.2) is 17.3 Å². The lowest BCUT2D eigenvalue weighted by atomic mass is 9.96. The third kappa shape index (κ3) is 6.36. The van der Waals surface area contributed by atoms with Crippen LogP contribution in [-0.4, -0.2) is 36.2 Å². The second-order valence-corrected chi connectivity index (χ2v) is 11.4. The van der Waals surface area contributed by atoms with Crippen molar-refractivity contribution in [2.24, 2.45) is 10.5 Å². The zero-order chi connectivity index (χ0) is 29.0. The van der Waals surface area contributed by atoms with Gasteiger partial charge in [-0.3, -0.25) is 4.79 Å². The van der Waals surface area contributed by atoms with Gasteiger partial charge in [0.05, 0.1) is 37.4 Å². The molecular formula is C33H39N3O4. The Morgan fingerprint density at radius 3 is 2.42 bits per heavy atom. The maximum absolute atomic E-state index is 13.7. The molecule has 0 aliphatic heterocycles. The summed E-state index contributed by atoms with van der Waals surface area (Å²) in [6, 6.07) is 17.0. The lowest BCUT2D eigenvalue weighted by molar-refractivity contribution is 0.191. The van der Waals surface area contributed by atoms with Crippen LogP contribution in [0.5, 0.6) is 17.2 Å². The molecule has 1 heterocycles. The van der Waals surface area contributed by atoms with E-state index in [0.29, 0.717) is 41.4 Å². The Bertz CT molecular complexity index is 1600. The van der Waals surface area contributed by atoms with Crippen LogP contribution in [0.1, 0.15) is 64.2 Å². The molecule has 0 fully saturated rings. The Hall–Kier alpha value is -4.13. The van der Waals surface area contributed by atoms with Gasteiger partial charge in [-0.15, -0.1) is 0 Å². The molecule has 7 heteroatoms. The molecule has 0 N–H and O–H groups in total. The maximum Gasteiger partial charge on any atom is 0.282 e. The van der Waals surface area contributed by atoms with Crippen molar-refractivity contribution >= 4 is 17.1 Å². The molecule has 40 heavy (non-hydrogen) atoms. The van der Waals surface area contributed by atoms with Gasteiger partial charge in [-0.2, -0.15) is 9.78 Å². The van der Waals surface area contributed by atoms with Crippen molar-refractivity contribution < 1.29 is 14.2 Å². The van der Waals surface area contributed by atoms with Crippen LogP contribution in [0.3, 0.4) is 0 Å². The number of ether oxygens (including phenoxy) is 3. The third-order valence-corrected chi connectivity index (χ3v) is 6.44. The van der Waals surface area contributed by atoms with Crippen LogP contribution in [0.4, 0.5) is 0 Å². The second-order valence-electron chi connectivity index (χ2n) is 11.4. The number of hydrogen-bond acceptors (Lipinski definition) is 6. The van der Waals surface area contributed by atoms with Gasteiger partial charge in [0.25, 0.3) is 5.56 Å². The van der Waals surface area contributed by atoms with Gasteiger partial charge in [-0.1, -0.05) is 46.8 Å². The molecule has 4 rings (SSSR count). The first kappa shape index (κ1) is 28.9. The highest BCUT2D eigenvalue weighted by Gasteiger charge is 2.19. The number of benzene rings is 3. The van der Waals surface area contributed by atoms with Crippen LogP contribution in [0.25, 0.3) is 22.3 Å². The Kier molecular flexibility index (Phi) is 8.62. The summed E-state index contributed by atoms with van der Waals surface area (Å²) < 4.78 is 18.9. The molecule has 0 aliphatic rings. The molecule has 1 aromatic heterocycles. The van der Waals surface area contributed by atoms with Crippen molar-refractivity contribution in [3.8, 4) is 28.6 Å². The summed E-state index contributed by atoms with van der Waals surface area (Å²) in [5.41, 5.74) is 3.98. The number of rotatable bonds is 9. The van der Waals surface area contributed by atoms with Crippen LogP contribution in [0, 0.1) is 12.3 Å². The van der Waals surface area contributed by atoms with E-state index in [0.717, 1.165) is 28.0 Å². The van der Waals surface area contributed by atoms with E-state index < -0.39 is 0 Å². The van der Waals surface area contributed by atoms with Crippen LogP contribution in [-0.2, 0) is 0 Å². The summed E-state index contributed by atoms with van der Waals surface area (Å²) in [5, 5.41) is 5.16. The van der Waals surface area contributed by atoms with E-state index in [1.807, 2.05) is 56.3 Å². The molecule has 7 nitrogen and oxygen atoms in total. The highest BCUT2D eigenvalue weighted by molar-refractivity contribution is 5.83. The minimum absolute atomic E-state index is 0.0141. The number of aromatic nitrogens is 2. The molecule has 0 amide bonds. The maximum atomic E-state index is 13.7. The van der Waals surface area contributed by atoms with Gasteiger partial charge in [-0.05, 0) is 84.3 Å². The Labute approximate surface area is 236 Å². The minimum atomic E-state index is -0.242. The zero-order valence-electron chi connectivity index (χ0n) is 24.7. The van der Waals surface area contributed by atoms with Gasteiger partial charge < -0.3 is 14.2 Å². The van der Waals surface area contributed by atoms with Gasteiger partial charge in [-0.25, -0.2) is 4.98 Å². The van der Waals surface area contributed by atoms with Crippen LogP contribution in [0.2, 0.25) is 0 Å². The first-order valence-electron chi connectivity index (χ1n) is 13.7. The first-order valence-corrected chi connectivity index (χ1v) is 13.7. The number of nitrogens with zero attached hydrogens (tertiary/aromatic N) is 3. The van der Waals surface area contributed by atoms with E-state index in [1.165, 1.54) is 4.68 Å². The summed E-state index contributed by atoms with van der Waals surface area (Å²) >= 11 is 0. The van der Waals surface area contributed by atoms with Crippen molar-refractivity contribution in [1.82, 2.24) is 9.66 Å². The average molecular weight is 542 g/mol. The predicted molar refractivity (Wildman–Crippen MR) is 162 cm³/mol. The third-order valence-electron chi connectivity index (χ3n) is 6.44. The molecule has 0 bridgehead atoms. The van der Waals surface area contributed by atoms with Crippen molar-refractivity contribution in [2.75, 3.05) is 20.3 Å². The Balaban J connectivity index is 1.85. The number of para-hydroxylation sites is 1. The quantitative estimate of drug-likeness (QED) is 0.209. The summed E-state index contributed by atoms with van der Waals surface area (Å²) in [5.74, 6) is 2.79. The second kappa shape index (κ2) is 11.9. The van der Waals surface area contributed by atoms with Crippen LogP contribution < -0.4 is 19.8 Å². The van der Waals surface area contributed by atoms with Crippen molar-refractivity contribution in [2.45, 2.75) is 54.4 Å². The molecule has 210 valence electrons. The van der Waals surface area contributed by atoms with Crippen molar-refractivity contribution in [1.29, 1.82) is 0 Å². The van der Waals surface area contributed by atoms with E-state index in [-0.39, 0.29) is 16.9 Å². The van der Waals surface area contributed by atoms with E-state index in [4.69, 9.17) is 19.2 Å². The van der Waals surface area contributed by atoms with Crippen LogP contribution in [0.15, 0.2) is 64.5 Å². The Morgan fingerprint density at radius 2 is 1.75 bits per heavy atom. The number of fused-ring (bicyclic) bond motifs is 1. The average Bonchev–Trinajstić information content (AvgIpc) is 2.91. The monoisotopic (exact) mass is 541 g/mol. The molecule has 0 saturated heterocycles. The fourth-order valence-corrected chi connectivity index (χ4v) is 4.38. The zero-order valence-corrected chi connectivity index (χ0v) is 24.7. The molecule has 0 aliphatic carbocycles. The first-order chi connectivity index (χ1) is 19.0. The summed E-state index contributed by atoms with van der Waals surface area (Å²) in [7, 11) is 1.61. The topological polar surface area (TPSA) is 74.9 Å². The molecule has 0 unspecified atom stereocenters. The summed E-state index contributed by atoms with van der Waals surface area (Å²) in [4.78, 5) is 18.7. The standard InChI is InChI=1S/C33H39N3O4/c1-9-39-29-16-22(4)26(18-25(29)21(2)3)31-35-27-13-11-10-12-24(27)32(37)36(31)34-19-23-14-15-28(30(17-23)38-8)40-20-33(5,6)7/h10-19,21H,9,20H2,1-8H3. The molecule has 4 aromatic rings. The van der Waals surface area contributed by atoms with E-state index in [2.05, 4.69) is 45.8 Å². The Morgan fingerprint density at radius 1 is 1.00 bits per heavy atom. The fraction of sp³-hybridized carbons (Fsp3) is 0.364. The van der Waals surface area contributed by atoms with Gasteiger partial charge >= 0.3 is 0 Å². The number of hydrogen-bond donors (Lipinski definition) is 0. The predicted octanol–water partition coefficient (Wildman–Crippen LogP) is 7.21. The lowest BCUT2D eigenvalue weighted by Gasteiger charge is -2.20. The minimum Gasteiger partial charge on any atom is -0.494 e. The van der Waals surface area contributed by atoms with E-state index in [1.54, 1.807) is 19.4 Å². The largest absolute Gasteiger partial charge is 0.494 e. The smallest absolute Gasteiger partial charge is 0.282 e. The summed E-state index contributed by atoms with van der Waals surface area (Å²) in [6.45, 7) is 15.7. The van der Waals surface area contributed by atoms with Crippen molar-refractivity contribution in [3.63, 3.8) is 0 Å². The molecule has 0 spiro atoms. The molecular weight excluding hydrogens is 502 g/mol. The van der Waals surface area contributed by atoms with Gasteiger partial charge in [0.2, 0.25) is 0 Å².